The zero-order valence-corrected chi connectivity index (χ0v) is 17.6. The number of rotatable bonds is 4. The van der Waals surface area contributed by atoms with Crippen molar-refractivity contribution in [2.75, 3.05) is 13.6 Å². The fraction of sp³-hybridized carbons (Fsp3) is 0.591. The third kappa shape index (κ3) is 4.43. The summed E-state index contributed by atoms with van der Waals surface area (Å²) in [4.78, 5) is 40.5. The van der Waals surface area contributed by atoms with E-state index in [9.17, 15) is 18.8 Å². The maximum atomic E-state index is 13.3. The quantitative estimate of drug-likeness (QED) is 0.784. The van der Waals surface area contributed by atoms with Gasteiger partial charge in [-0.2, -0.15) is 0 Å². The molecule has 0 unspecified atom stereocenters. The summed E-state index contributed by atoms with van der Waals surface area (Å²) in [6.07, 6.45) is 2.94. The normalized spacial score (nSPS) is 24.7. The predicted molar refractivity (Wildman–Crippen MR) is 107 cm³/mol. The average molecular weight is 403 g/mol. The first-order valence-corrected chi connectivity index (χ1v) is 10.1. The summed E-state index contributed by atoms with van der Waals surface area (Å²) in [6, 6.07) is 5.50. The van der Waals surface area contributed by atoms with Crippen LogP contribution in [-0.4, -0.2) is 46.8 Å². The molecule has 1 aliphatic carbocycles. The predicted octanol–water partition coefficient (Wildman–Crippen LogP) is 3.31. The topological polar surface area (TPSA) is 69.7 Å². The molecule has 1 saturated carbocycles. The van der Waals surface area contributed by atoms with E-state index in [0.717, 1.165) is 17.7 Å². The van der Waals surface area contributed by atoms with Crippen LogP contribution in [0.15, 0.2) is 24.3 Å². The molecule has 7 heteroatoms. The third-order valence-corrected chi connectivity index (χ3v) is 6.34. The van der Waals surface area contributed by atoms with Crippen molar-refractivity contribution >= 4 is 17.8 Å². The molecule has 2 aliphatic rings. The van der Waals surface area contributed by atoms with E-state index in [0.29, 0.717) is 24.3 Å². The van der Waals surface area contributed by atoms with E-state index in [-0.39, 0.29) is 36.1 Å². The van der Waals surface area contributed by atoms with Crippen LogP contribution >= 0.6 is 0 Å². The molecule has 0 aromatic heterocycles. The molecule has 158 valence electrons. The number of hydrogen-bond acceptors (Lipinski definition) is 3. The molecule has 6 nitrogen and oxygen atoms in total. The Balaban J connectivity index is 1.62. The summed E-state index contributed by atoms with van der Waals surface area (Å²) in [5.41, 5.74) is -0.0574. The van der Waals surface area contributed by atoms with Crippen molar-refractivity contribution in [1.82, 2.24) is 15.1 Å². The second-order valence-corrected chi connectivity index (χ2v) is 9.42. The van der Waals surface area contributed by atoms with E-state index in [1.54, 1.807) is 19.2 Å². The summed E-state index contributed by atoms with van der Waals surface area (Å²) in [5.74, 6) is -0.531. The average Bonchev–Trinajstić information content (AvgIpc) is 2.85. The Morgan fingerprint density at radius 3 is 2.52 bits per heavy atom. The number of halogens is 1. The van der Waals surface area contributed by atoms with Crippen molar-refractivity contribution in [3.63, 3.8) is 0 Å². The van der Waals surface area contributed by atoms with Gasteiger partial charge in [0.1, 0.15) is 17.9 Å². The molecule has 1 saturated heterocycles. The lowest BCUT2D eigenvalue weighted by atomic mass is 9.67. The molecule has 1 spiro atoms. The van der Waals surface area contributed by atoms with Crippen LogP contribution in [0, 0.1) is 17.2 Å². The lowest BCUT2D eigenvalue weighted by Crippen LogP contribution is -2.51. The molecule has 0 radical (unpaired) electrons. The van der Waals surface area contributed by atoms with Crippen molar-refractivity contribution in [2.24, 2.45) is 11.3 Å². The molecule has 1 heterocycles. The first kappa shape index (κ1) is 21.3. The molecule has 1 aromatic carbocycles. The summed E-state index contributed by atoms with van der Waals surface area (Å²) in [7, 11) is 1.58. The molecule has 1 aliphatic heterocycles. The SMILES string of the molecule is CN(Cc1cccc(F)c1)C(=O)CN1C(=O)NC2(CCC(C(C)(C)C)CC2)C1=O. The van der Waals surface area contributed by atoms with Crippen LogP contribution in [0.25, 0.3) is 0 Å². The Kier molecular flexibility index (Phi) is 5.70. The largest absolute Gasteiger partial charge is 0.340 e. The maximum Gasteiger partial charge on any atom is 0.325 e. The van der Waals surface area contributed by atoms with Gasteiger partial charge in [0.15, 0.2) is 0 Å². The highest BCUT2D eigenvalue weighted by Gasteiger charge is 2.53. The fourth-order valence-electron chi connectivity index (χ4n) is 4.39. The number of urea groups is 1. The van der Waals surface area contributed by atoms with E-state index in [1.165, 1.54) is 17.0 Å². The number of nitrogens with one attached hydrogen (secondary N) is 1. The first-order chi connectivity index (χ1) is 13.5. The number of imide groups is 1. The number of nitrogens with zero attached hydrogens (tertiary/aromatic N) is 2. The number of carbonyl (C=O) groups is 3. The van der Waals surface area contributed by atoms with Crippen LogP contribution in [0.2, 0.25) is 0 Å². The highest BCUT2D eigenvalue weighted by atomic mass is 19.1. The number of amides is 4. The van der Waals surface area contributed by atoms with Crippen LogP contribution < -0.4 is 5.32 Å². The van der Waals surface area contributed by atoms with E-state index in [2.05, 4.69) is 26.1 Å². The zero-order chi connectivity index (χ0) is 21.4. The monoisotopic (exact) mass is 403 g/mol. The summed E-state index contributed by atoms with van der Waals surface area (Å²) < 4.78 is 13.3. The van der Waals surface area contributed by atoms with Gasteiger partial charge in [-0.1, -0.05) is 32.9 Å². The van der Waals surface area contributed by atoms with E-state index in [4.69, 9.17) is 0 Å². The fourth-order valence-corrected chi connectivity index (χ4v) is 4.39. The second kappa shape index (κ2) is 7.76. The maximum absolute atomic E-state index is 13.3. The smallest absolute Gasteiger partial charge is 0.325 e. The van der Waals surface area contributed by atoms with Gasteiger partial charge in [0.25, 0.3) is 5.91 Å². The van der Waals surface area contributed by atoms with Crippen molar-refractivity contribution < 1.29 is 18.8 Å². The summed E-state index contributed by atoms with van der Waals surface area (Å²) in [5, 5.41) is 2.86. The lowest BCUT2D eigenvalue weighted by molar-refractivity contribution is -0.139. The van der Waals surface area contributed by atoms with Gasteiger partial charge in [0.2, 0.25) is 5.91 Å². The number of likely N-dealkylation sites (N-methyl/N-ethyl adjacent to an activating group) is 1. The summed E-state index contributed by atoms with van der Waals surface area (Å²) >= 11 is 0. The Morgan fingerprint density at radius 1 is 1.28 bits per heavy atom. The molecule has 4 amide bonds. The van der Waals surface area contributed by atoms with E-state index >= 15 is 0 Å². The summed E-state index contributed by atoms with van der Waals surface area (Å²) in [6.45, 7) is 6.50. The van der Waals surface area contributed by atoms with Crippen molar-refractivity contribution in [1.29, 1.82) is 0 Å². The molecule has 29 heavy (non-hydrogen) atoms. The van der Waals surface area contributed by atoms with Gasteiger partial charge in [0.05, 0.1) is 0 Å². The zero-order valence-electron chi connectivity index (χ0n) is 17.6. The Labute approximate surface area is 171 Å². The third-order valence-electron chi connectivity index (χ3n) is 6.34. The van der Waals surface area contributed by atoms with Gasteiger partial charge < -0.3 is 10.2 Å². The Morgan fingerprint density at radius 2 is 1.93 bits per heavy atom. The van der Waals surface area contributed by atoms with Crippen LogP contribution in [0.1, 0.15) is 52.0 Å². The van der Waals surface area contributed by atoms with Crippen LogP contribution in [0.3, 0.4) is 0 Å². The minimum absolute atomic E-state index is 0.169. The van der Waals surface area contributed by atoms with E-state index < -0.39 is 11.6 Å². The van der Waals surface area contributed by atoms with Crippen LogP contribution in [0.4, 0.5) is 9.18 Å². The number of carbonyl (C=O) groups excluding carboxylic acids is 3. The lowest BCUT2D eigenvalue weighted by Gasteiger charge is -2.40. The first-order valence-electron chi connectivity index (χ1n) is 10.1. The van der Waals surface area contributed by atoms with Gasteiger partial charge in [0, 0.05) is 13.6 Å². The molecule has 1 aromatic rings. The van der Waals surface area contributed by atoms with Crippen LogP contribution in [0.5, 0.6) is 0 Å². The number of benzene rings is 1. The highest BCUT2D eigenvalue weighted by molar-refractivity contribution is 6.09. The van der Waals surface area contributed by atoms with Crippen molar-refractivity contribution in [2.45, 2.75) is 58.5 Å². The van der Waals surface area contributed by atoms with E-state index in [1.807, 2.05) is 0 Å². The van der Waals surface area contributed by atoms with Crippen molar-refractivity contribution in [3.05, 3.63) is 35.6 Å². The van der Waals surface area contributed by atoms with Gasteiger partial charge in [-0.05, 0) is 54.7 Å². The van der Waals surface area contributed by atoms with Gasteiger partial charge >= 0.3 is 6.03 Å². The highest BCUT2D eigenvalue weighted by Crippen LogP contribution is 2.43. The minimum atomic E-state index is -0.875. The van der Waals surface area contributed by atoms with Crippen molar-refractivity contribution in [3.8, 4) is 0 Å². The molecule has 3 rings (SSSR count). The number of hydrogen-bond donors (Lipinski definition) is 1. The van der Waals surface area contributed by atoms with Gasteiger partial charge in [-0.25, -0.2) is 9.18 Å². The molecular weight excluding hydrogens is 373 g/mol. The molecule has 0 bridgehead atoms. The Bertz CT molecular complexity index is 810. The molecular formula is C22H30FN3O3. The minimum Gasteiger partial charge on any atom is -0.340 e. The standard InChI is InChI=1S/C22H30FN3O3/c1-21(2,3)16-8-10-22(11-9-16)19(28)26(20(29)24-22)14-18(27)25(4)13-15-6-5-7-17(23)12-15/h5-7,12,16H,8-11,13-14H2,1-4H3,(H,24,29). The molecule has 0 atom stereocenters. The van der Waals surface area contributed by atoms with Gasteiger partial charge in [-0.15, -0.1) is 0 Å². The molecule has 2 fully saturated rings. The van der Waals surface area contributed by atoms with Crippen LogP contribution in [-0.2, 0) is 16.1 Å². The molecule has 1 N–H and O–H groups in total. The Hall–Kier alpha value is -2.44. The second-order valence-electron chi connectivity index (χ2n) is 9.42. The van der Waals surface area contributed by atoms with Gasteiger partial charge in [-0.3, -0.25) is 14.5 Å².